The average Bonchev–Trinajstić information content (AvgIpc) is 3.08. The molecule has 0 amide bonds. The van der Waals surface area contributed by atoms with Gasteiger partial charge in [-0.25, -0.2) is 5.01 Å². The van der Waals surface area contributed by atoms with Crippen LogP contribution in [0.2, 0.25) is 0 Å². The summed E-state index contributed by atoms with van der Waals surface area (Å²) in [5.74, 6) is 2.42. The number of nitrogens with zero attached hydrogens (tertiary/aromatic N) is 2. The Balaban J connectivity index is 1.76. The molecule has 0 spiro atoms. The van der Waals surface area contributed by atoms with Gasteiger partial charge in [0.2, 0.25) is 0 Å². The van der Waals surface area contributed by atoms with Gasteiger partial charge in [0.15, 0.2) is 17.2 Å². The van der Waals surface area contributed by atoms with Gasteiger partial charge in [-0.05, 0) is 32.0 Å². The van der Waals surface area contributed by atoms with Crippen molar-refractivity contribution in [2.24, 2.45) is 5.10 Å². The first-order valence-electron chi connectivity index (χ1n) is 8.40. The lowest BCUT2D eigenvalue weighted by atomic mass is 9.95. The highest BCUT2D eigenvalue weighted by atomic mass is 16.5. The molecule has 0 N–H and O–H groups in total. The van der Waals surface area contributed by atoms with Gasteiger partial charge < -0.3 is 14.2 Å². The second-order valence-corrected chi connectivity index (χ2v) is 6.77. The Kier molecular flexibility index (Phi) is 3.60. The molecule has 5 nitrogen and oxygen atoms in total. The number of benzene rings is 2. The maximum Gasteiger partial charge on any atom is 0.192 e. The van der Waals surface area contributed by atoms with Crippen LogP contribution in [-0.4, -0.2) is 30.7 Å². The fourth-order valence-electron chi connectivity index (χ4n) is 3.59. The third kappa shape index (κ3) is 2.51. The van der Waals surface area contributed by atoms with Crippen LogP contribution >= 0.6 is 0 Å². The fraction of sp³-hybridized carbons (Fsp3) is 0.350. The number of ether oxygens (including phenoxy) is 3. The van der Waals surface area contributed by atoms with Crippen molar-refractivity contribution in [3.63, 3.8) is 0 Å². The van der Waals surface area contributed by atoms with Gasteiger partial charge in [-0.15, -0.1) is 0 Å². The third-order valence-electron chi connectivity index (χ3n) is 4.81. The molecular formula is C20H22N2O3. The molecule has 0 unspecified atom stereocenters. The van der Waals surface area contributed by atoms with Crippen LogP contribution in [0.25, 0.3) is 0 Å². The molecule has 0 bridgehead atoms. The Bertz CT molecular complexity index is 845. The van der Waals surface area contributed by atoms with Crippen molar-refractivity contribution in [2.45, 2.75) is 32.0 Å². The molecule has 1 atom stereocenters. The summed E-state index contributed by atoms with van der Waals surface area (Å²) in [4.78, 5) is 0. The highest BCUT2D eigenvalue weighted by molar-refractivity contribution is 6.02. The van der Waals surface area contributed by atoms with Crippen molar-refractivity contribution < 1.29 is 14.2 Å². The van der Waals surface area contributed by atoms with E-state index >= 15 is 0 Å². The molecule has 2 aromatic carbocycles. The molecule has 2 aromatic rings. The molecule has 2 heterocycles. The van der Waals surface area contributed by atoms with Crippen LogP contribution in [-0.2, 0) is 0 Å². The summed E-state index contributed by atoms with van der Waals surface area (Å²) in [5.41, 5.74) is 2.68. The number of methoxy groups -OCH3 is 2. The number of hydrogen-bond acceptors (Lipinski definition) is 5. The minimum Gasteiger partial charge on any atom is -0.497 e. The van der Waals surface area contributed by atoms with Crippen LogP contribution in [0.4, 0.5) is 0 Å². The van der Waals surface area contributed by atoms with Crippen molar-refractivity contribution in [3.8, 4) is 17.2 Å². The molecule has 0 radical (unpaired) electrons. The smallest absolute Gasteiger partial charge is 0.192 e. The van der Waals surface area contributed by atoms with E-state index < -0.39 is 5.72 Å². The minimum absolute atomic E-state index is 0.134. The monoisotopic (exact) mass is 338 g/mol. The van der Waals surface area contributed by atoms with Crippen LogP contribution in [0.5, 0.6) is 17.2 Å². The minimum atomic E-state index is -0.549. The molecule has 2 aliphatic heterocycles. The highest BCUT2D eigenvalue weighted by Crippen LogP contribution is 2.49. The number of para-hydroxylation sites is 1. The van der Waals surface area contributed by atoms with E-state index in [-0.39, 0.29) is 6.04 Å². The number of hydrazone groups is 1. The van der Waals surface area contributed by atoms with Crippen molar-refractivity contribution in [2.75, 3.05) is 14.2 Å². The van der Waals surface area contributed by atoms with Crippen molar-refractivity contribution in [3.05, 3.63) is 53.6 Å². The van der Waals surface area contributed by atoms with E-state index in [2.05, 4.69) is 17.1 Å². The summed E-state index contributed by atoms with van der Waals surface area (Å²) in [6, 6.07) is 14.2. The Labute approximate surface area is 147 Å². The van der Waals surface area contributed by atoms with Gasteiger partial charge in [-0.2, -0.15) is 5.10 Å². The molecule has 4 rings (SSSR count). The maximum atomic E-state index is 6.25. The molecule has 0 fully saturated rings. The lowest BCUT2D eigenvalue weighted by Gasteiger charge is -2.43. The number of rotatable bonds is 3. The predicted octanol–water partition coefficient (Wildman–Crippen LogP) is 3.98. The molecule has 0 saturated heterocycles. The molecule has 25 heavy (non-hydrogen) atoms. The topological polar surface area (TPSA) is 43.3 Å². The quantitative estimate of drug-likeness (QED) is 0.849. The Hall–Kier alpha value is -2.69. The van der Waals surface area contributed by atoms with Crippen LogP contribution in [0.15, 0.2) is 47.6 Å². The summed E-state index contributed by atoms with van der Waals surface area (Å²) >= 11 is 0. The third-order valence-corrected chi connectivity index (χ3v) is 4.81. The Morgan fingerprint density at radius 1 is 1.12 bits per heavy atom. The van der Waals surface area contributed by atoms with E-state index in [1.165, 1.54) is 0 Å². The normalized spacial score (nSPS) is 20.2. The van der Waals surface area contributed by atoms with Crippen molar-refractivity contribution >= 4 is 5.71 Å². The fourth-order valence-corrected chi connectivity index (χ4v) is 3.59. The first-order valence-corrected chi connectivity index (χ1v) is 8.40. The largest absolute Gasteiger partial charge is 0.497 e. The van der Waals surface area contributed by atoms with E-state index in [0.29, 0.717) is 0 Å². The van der Waals surface area contributed by atoms with Gasteiger partial charge >= 0.3 is 0 Å². The number of fused-ring (bicyclic) bond motifs is 3. The first kappa shape index (κ1) is 15.8. The maximum absolute atomic E-state index is 6.25. The van der Waals surface area contributed by atoms with Crippen molar-refractivity contribution in [1.82, 2.24) is 5.01 Å². The zero-order valence-electron chi connectivity index (χ0n) is 14.9. The van der Waals surface area contributed by atoms with E-state index in [4.69, 9.17) is 19.3 Å². The standard InChI is InChI=1S/C20H22N2O3/c1-20(2)22-17(15-9-6-10-18(24-4)19(15)25-20)12-16(21-22)13-7-5-8-14(11-13)23-3/h5-11,17H,12H2,1-4H3/t17-/m0/s1. The zero-order chi connectivity index (χ0) is 17.6. The SMILES string of the molecule is COc1cccc(C2=NN3[C@@H](C2)c2cccc(OC)c2OC3(C)C)c1. The van der Waals surface area contributed by atoms with Gasteiger partial charge in [-0.1, -0.05) is 24.3 Å². The van der Waals surface area contributed by atoms with E-state index in [1.54, 1.807) is 14.2 Å². The molecule has 130 valence electrons. The molecule has 5 heteroatoms. The van der Waals surface area contributed by atoms with Crippen LogP contribution in [0, 0.1) is 0 Å². The average molecular weight is 338 g/mol. The molecule has 0 saturated carbocycles. The molecule has 0 aromatic heterocycles. The van der Waals surface area contributed by atoms with E-state index in [0.717, 1.165) is 40.5 Å². The lowest BCUT2D eigenvalue weighted by Crippen LogP contribution is -2.48. The summed E-state index contributed by atoms with van der Waals surface area (Å²) < 4.78 is 17.1. The molecule has 2 aliphatic rings. The van der Waals surface area contributed by atoms with Gasteiger partial charge in [0.05, 0.1) is 26.0 Å². The molecule has 0 aliphatic carbocycles. The van der Waals surface area contributed by atoms with Gasteiger partial charge in [0, 0.05) is 17.5 Å². The lowest BCUT2D eigenvalue weighted by molar-refractivity contribution is -0.0924. The van der Waals surface area contributed by atoms with Gasteiger partial charge in [0.1, 0.15) is 5.75 Å². The Morgan fingerprint density at radius 2 is 1.92 bits per heavy atom. The zero-order valence-corrected chi connectivity index (χ0v) is 14.9. The second kappa shape index (κ2) is 5.69. The Morgan fingerprint density at radius 3 is 2.68 bits per heavy atom. The summed E-state index contributed by atoms with van der Waals surface area (Å²) in [5, 5.41) is 6.95. The van der Waals surface area contributed by atoms with E-state index in [9.17, 15) is 0 Å². The predicted molar refractivity (Wildman–Crippen MR) is 96.4 cm³/mol. The van der Waals surface area contributed by atoms with Crippen LogP contribution < -0.4 is 14.2 Å². The number of hydrogen-bond donors (Lipinski definition) is 0. The summed E-state index contributed by atoms with van der Waals surface area (Å²) in [6.07, 6.45) is 0.820. The molecular weight excluding hydrogens is 316 g/mol. The van der Waals surface area contributed by atoms with E-state index in [1.807, 2.05) is 44.2 Å². The summed E-state index contributed by atoms with van der Waals surface area (Å²) in [7, 11) is 3.35. The van der Waals surface area contributed by atoms with Crippen molar-refractivity contribution in [1.29, 1.82) is 0 Å². The van der Waals surface area contributed by atoms with Gasteiger partial charge in [0.25, 0.3) is 0 Å². The first-order chi connectivity index (χ1) is 12.0. The highest BCUT2D eigenvalue weighted by Gasteiger charge is 2.45. The van der Waals surface area contributed by atoms with Crippen LogP contribution in [0.3, 0.4) is 0 Å². The van der Waals surface area contributed by atoms with Gasteiger partial charge in [-0.3, -0.25) is 0 Å². The second-order valence-electron chi connectivity index (χ2n) is 6.77. The van der Waals surface area contributed by atoms with Crippen LogP contribution in [0.1, 0.15) is 37.4 Å². The summed E-state index contributed by atoms with van der Waals surface area (Å²) in [6.45, 7) is 4.07.